The van der Waals surface area contributed by atoms with Crippen LogP contribution >= 0.6 is 11.6 Å². The van der Waals surface area contributed by atoms with Crippen LogP contribution < -0.4 is 4.99 Å². The van der Waals surface area contributed by atoms with Crippen LogP contribution in [0.1, 0.15) is 45.6 Å². The lowest BCUT2D eigenvalue weighted by atomic mass is 9.92. The average molecular weight is 240 g/mol. The van der Waals surface area contributed by atoms with E-state index in [2.05, 4.69) is 29.9 Å². The van der Waals surface area contributed by atoms with Crippen LogP contribution in [0.5, 0.6) is 0 Å². The zero-order valence-electron chi connectivity index (χ0n) is 9.13. The molecule has 0 radical (unpaired) electrons. The normalized spacial score (nSPS) is 23.8. The first-order valence-corrected chi connectivity index (χ1v) is 5.82. The summed E-state index contributed by atoms with van der Waals surface area (Å²) in [6.45, 7) is 4.41. The fourth-order valence-corrected chi connectivity index (χ4v) is 2.36. The summed E-state index contributed by atoms with van der Waals surface area (Å²) in [7, 11) is 0. The molecule has 0 spiro atoms. The molecule has 1 aromatic rings. The van der Waals surface area contributed by atoms with Crippen LogP contribution in [0.4, 0.5) is 0 Å². The minimum Gasteiger partial charge on any atom is -0.246 e. The Labute approximate surface area is 103 Å². The minimum atomic E-state index is 0. The standard InChI is InChI=1S/C12H15ClN2.CH4/c1-3-11-10(6-8(2)15-11)9-4-5-12(13)14-7-9;/h4-5,7-8,10H,3,6H2,1-2H3;1H4/p+1/t8-,10+;/m0./s1. The van der Waals surface area contributed by atoms with E-state index in [0.29, 0.717) is 17.1 Å². The first kappa shape index (κ1) is 13.2. The van der Waals surface area contributed by atoms with Crippen molar-refractivity contribution < 1.29 is 4.99 Å². The van der Waals surface area contributed by atoms with Crippen LogP contribution in [-0.4, -0.2) is 16.7 Å². The lowest BCUT2D eigenvalue weighted by Gasteiger charge is -2.07. The number of nitrogens with zero attached hydrogens (tertiary/aromatic N) is 1. The molecule has 3 heteroatoms. The third kappa shape index (κ3) is 2.62. The molecule has 0 saturated heterocycles. The van der Waals surface area contributed by atoms with Crippen molar-refractivity contribution in [3.63, 3.8) is 0 Å². The Morgan fingerprint density at radius 3 is 2.81 bits per heavy atom. The molecule has 0 unspecified atom stereocenters. The summed E-state index contributed by atoms with van der Waals surface area (Å²) >= 11 is 5.78. The van der Waals surface area contributed by atoms with Crippen LogP contribution in [0.2, 0.25) is 5.15 Å². The largest absolute Gasteiger partial charge is 0.246 e. The van der Waals surface area contributed by atoms with Gasteiger partial charge in [-0.15, -0.1) is 0 Å². The summed E-state index contributed by atoms with van der Waals surface area (Å²) in [6, 6.07) is 4.52. The third-order valence-corrected chi connectivity index (χ3v) is 3.20. The Morgan fingerprint density at radius 1 is 1.50 bits per heavy atom. The maximum Gasteiger partial charge on any atom is 0.158 e. The van der Waals surface area contributed by atoms with E-state index in [0.717, 1.165) is 12.8 Å². The van der Waals surface area contributed by atoms with Crippen molar-refractivity contribution in [2.75, 3.05) is 0 Å². The SMILES string of the molecule is C.CCC1=[NH+][C@@H](C)C[C@@H]1c1ccc(Cl)nc1. The second-order valence-corrected chi connectivity index (χ2v) is 4.51. The summed E-state index contributed by atoms with van der Waals surface area (Å²) < 4.78 is 0. The molecule has 1 aromatic heterocycles. The van der Waals surface area contributed by atoms with Crippen molar-refractivity contribution in [1.82, 2.24) is 4.98 Å². The molecular weight excluding hydrogens is 220 g/mol. The molecule has 16 heavy (non-hydrogen) atoms. The molecule has 0 fully saturated rings. The van der Waals surface area contributed by atoms with Gasteiger partial charge in [0.25, 0.3) is 0 Å². The van der Waals surface area contributed by atoms with E-state index < -0.39 is 0 Å². The van der Waals surface area contributed by atoms with Gasteiger partial charge in [0.05, 0.1) is 5.92 Å². The van der Waals surface area contributed by atoms with E-state index in [1.807, 2.05) is 12.3 Å². The van der Waals surface area contributed by atoms with Gasteiger partial charge >= 0.3 is 0 Å². The molecule has 1 aliphatic rings. The Balaban J connectivity index is 0.00000128. The number of pyridine rings is 1. The Kier molecular flexibility index (Phi) is 4.48. The number of hydrogen-bond acceptors (Lipinski definition) is 1. The van der Waals surface area contributed by atoms with Gasteiger partial charge in [0.2, 0.25) is 0 Å². The van der Waals surface area contributed by atoms with Crippen LogP contribution in [0.25, 0.3) is 0 Å². The van der Waals surface area contributed by atoms with E-state index in [9.17, 15) is 0 Å². The topological polar surface area (TPSA) is 26.9 Å². The van der Waals surface area contributed by atoms with Crippen molar-refractivity contribution in [2.24, 2.45) is 0 Å². The van der Waals surface area contributed by atoms with E-state index in [4.69, 9.17) is 11.6 Å². The first-order chi connectivity index (χ1) is 7.20. The first-order valence-electron chi connectivity index (χ1n) is 5.44. The Hall–Kier alpha value is -0.890. The zero-order chi connectivity index (χ0) is 10.8. The van der Waals surface area contributed by atoms with E-state index in [-0.39, 0.29) is 7.43 Å². The van der Waals surface area contributed by atoms with Crippen molar-refractivity contribution in [3.05, 3.63) is 29.0 Å². The summed E-state index contributed by atoms with van der Waals surface area (Å²) in [5.41, 5.74) is 2.69. The summed E-state index contributed by atoms with van der Waals surface area (Å²) in [5.74, 6) is 0.509. The number of hydrogen-bond donors (Lipinski definition) is 1. The Bertz CT molecular complexity index is 370. The molecule has 2 heterocycles. The van der Waals surface area contributed by atoms with Crippen LogP contribution in [0.3, 0.4) is 0 Å². The highest BCUT2D eigenvalue weighted by molar-refractivity contribution is 6.29. The van der Waals surface area contributed by atoms with E-state index >= 15 is 0 Å². The molecule has 88 valence electrons. The quantitative estimate of drug-likeness (QED) is 0.787. The van der Waals surface area contributed by atoms with Gasteiger partial charge in [-0.1, -0.05) is 32.0 Å². The second kappa shape index (κ2) is 5.44. The van der Waals surface area contributed by atoms with Crippen LogP contribution in [0, 0.1) is 0 Å². The maximum atomic E-state index is 5.78. The second-order valence-electron chi connectivity index (χ2n) is 4.13. The van der Waals surface area contributed by atoms with Crippen molar-refractivity contribution in [1.29, 1.82) is 0 Å². The molecule has 0 saturated carbocycles. The van der Waals surface area contributed by atoms with Gasteiger partial charge in [-0.2, -0.15) is 0 Å². The molecule has 0 aliphatic carbocycles. The molecule has 2 rings (SSSR count). The lowest BCUT2D eigenvalue weighted by molar-refractivity contribution is -0.489. The van der Waals surface area contributed by atoms with Crippen molar-refractivity contribution in [2.45, 2.75) is 46.1 Å². The van der Waals surface area contributed by atoms with Gasteiger partial charge in [-0.05, 0) is 18.6 Å². The predicted octanol–water partition coefficient (Wildman–Crippen LogP) is 2.18. The van der Waals surface area contributed by atoms with Crippen molar-refractivity contribution in [3.8, 4) is 0 Å². The highest BCUT2D eigenvalue weighted by atomic mass is 35.5. The fourth-order valence-electron chi connectivity index (χ4n) is 2.25. The van der Waals surface area contributed by atoms with Crippen molar-refractivity contribution >= 4 is 17.3 Å². The van der Waals surface area contributed by atoms with E-state index in [1.165, 1.54) is 11.3 Å². The van der Waals surface area contributed by atoms with Gasteiger partial charge < -0.3 is 0 Å². The van der Waals surface area contributed by atoms with Gasteiger partial charge in [0.1, 0.15) is 11.2 Å². The van der Waals surface area contributed by atoms with Gasteiger partial charge in [-0.25, -0.2) is 9.98 Å². The molecule has 2 atom stereocenters. The number of aromatic nitrogens is 1. The van der Waals surface area contributed by atoms with Crippen LogP contribution in [-0.2, 0) is 0 Å². The average Bonchev–Trinajstić information content (AvgIpc) is 2.61. The lowest BCUT2D eigenvalue weighted by Crippen LogP contribution is -2.75. The molecule has 1 aliphatic heterocycles. The number of rotatable bonds is 2. The van der Waals surface area contributed by atoms with E-state index in [1.54, 1.807) is 0 Å². The monoisotopic (exact) mass is 239 g/mol. The molecule has 0 amide bonds. The predicted molar refractivity (Wildman–Crippen MR) is 69.1 cm³/mol. The maximum absolute atomic E-state index is 5.78. The Morgan fingerprint density at radius 2 is 2.25 bits per heavy atom. The molecule has 0 aromatic carbocycles. The number of nitrogens with one attached hydrogen (secondary N) is 1. The molecule has 0 bridgehead atoms. The molecule has 2 nitrogen and oxygen atoms in total. The van der Waals surface area contributed by atoms with Gasteiger partial charge in [-0.3, -0.25) is 0 Å². The van der Waals surface area contributed by atoms with Crippen LogP contribution in [0.15, 0.2) is 18.3 Å². The summed E-state index contributed by atoms with van der Waals surface area (Å²) in [4.78, 5) is 7.66. The summed E-state index contributed by atoms with van der Waals surface area (Å²) in [5, 5.41) is 0.566. The minimum absolute atomic E-state index is 0. The van der Waals surface area contributed by atoms with Gasteiger partial charge in [0.15, 0.2) is 5.71 Å². The smallest absolute Gasteiger partial charge is 0.158 e. The number of halogens is 1. The molecule has 1 N–H and O–H groups in total. The fraction of sp³-hybridized carbons (Fsp3) is 0.538. The zero-order valence-corrected chi connectivity index (χ0v) is 9.88. The highest BCUT2D eigenvalue weighted by Crippen LogP contribution is 2.24. The highest BCUT2D eigenvalue weighted by Gasteiger charge is 2.31. The summed E-state index contributed by atoms with van der Waals surface area (Å²) in [6.07, 6.45) is 4.13. The third-order valence-electron chi connectivity index (χ3n) is 2.98. The molecular formula is C13H20ClN2+. The van der Waals surface area contributed by atoms with Gasteiger partial charge in [0, 0.05) is 19.0 Å².